The molecule has 7 nitrogen and oxygen atoms in total. The van der Waals surface area contributed by atoms with Crippen LogP contribution in [-0.2, 0) is 14.4 Å². The fourth-order valence-corrected chi connectivity index (χ4v) is 2.57. The average molecular weight is 438 g/mol. The van der Waals surface area contributed by atoms with Crippen molar-refractivity contribution in [2.45, 2.75) is 26.7 Å². The van der Waals surface area contributed by atoms with Crippen molar-refractivity contribution in [2.75, 3.05) is 11.9 Å². The van der Waals surface area contributed by atoms with Crippen molar-refractivity contribution in [2.24, 2.45) is 0 Å². The summed E-state index contributed by atoms with van der Waals surface area (Å²) in [6.45, 7) is 3.32. The molecule has 2 aromatic carbocycles. The number of benzene rings is 2. The quantitative estimate of drug-likeness (QED) is 0.576. The van der Waals surface area contributed by atoms with Gasteiger partial charge in [-0.05, 0) is 55.3 Å². The van der Waals surface area contributed by atoms with Gasteiger partial charge in [0.25, 0.3) is 5.91 Å². The molecule has 3 amide bonds. The first-order valence-corrected chi connectivity index (χ1v) is 9.53. The third-order valence-electron chi connectivity index (χ3n) is 3.96. The van der Waals surface area contributed by atoms with Crippen molar-refractivity contribution in [3.05, 3.63) is 57.6 Å². The molecule has 0 saturated heterocycles. The molecular weight excluding hydrogens is 417 g/mol. The van der Waals surface area contributed by atoms with Gasteiger partial charge in [0, 0.05) is 28.6 Å². The first-order valence-electron chi connectivity index (χ1n) is 8.78. The van der Waals surface area contributed by atoms with Gasteiger partial charge in [-0.2, -0.15) is 0 Å². The fraction of sp³-hybridized carbons (Fsp3) is 0.250. The van der Waals surface area contributed by atoms with Gasteiger partial charge in [0.15, 0.2) is 6.61 Å². The predicted octanol–water partition coefficient (Wildman–Crippen LogP) is 3.56. The maximum absolute atomic E-state index is 12.0. The number of carbonyl (C=O) groups is 3. The average Bonchev–Trinajstić information content (AvgIpc) is 2.69. The highest BCUT2D eigenvalue weighted by molar-refractivity contribution is 6.32. The molecule has 0 fully saturated rings. The molecule has 0 atom stereocenters. The van der Waals surface area contributed by atoms with Crippen LogP contribution in [0.4, 0.5) is 5.69 Å². The molecule has 0 aliphatic rings. The van der Waals surface area contributed by atoms with Gasteiger partial charge < -0.3 is 10.1 Å². The Hall–Kier alpha value is -2.77. The Morgan fingerprint density at radius 2 is 1.59 bits per heavy atom. The minimum Gasteiger partial charge on any atom is -0.484 e. The molecule has 0 radical (unpaired) electrons. The number of halogens is 2. The van der Waals surface area contributed by atoms with Crippen LogP contribution in [0.3, 0.4) is 0 Å². The van der Waals surface area contributed by atoms with Crippen molar-refractivity contribution in [3.63, 3.8) is 0 Å². The SMILES string of the molecule is Cc1cc(OCC(=O)NNC(=O)CCC(=O)Nc2cccc(Cl)c2C)ccc1Cl. The molecule has 2 rings (SSSR count). The van der Waals surface area contributed by atoms with E-state index >= 15 is 0 Å². The minimum absolute atomic E-state index is 0.0474. The summed E-state index contributed by atoms with van der Waals surface area (Å²) in [7, 11) is 0. The summed E-state index contributed by atoms with van der Waals surface area (Å²) in [5, 5.41) is 3.84. The maximum Gasteiger partial charge on any atom is 0.276 e. The van der Waals surface area contributed by atoms with E-state index in [0.717, 1.165) is 11.1 Å². The third-order valence-corrected chi connectivity index (χ3v) is 4.80. The van der Waals surface area contributed by atoms with E-state index in [1.807, 2.05) is 6.92 Å². The highest BCUT2D eigenvalue weighted by Crippen LogP contribution is 2.23. The number of amides is 3. The molecule has 0 bridgehead atoms. The molecule has 0 spiro atoms. The Bertz CT molecular complexity index is 919. The van der Waals surface area contributed by atoms with Gasteiger partial charge >= 0.3 is 0 Å². The number of hydrazine groups is 1. The third kappa shape index (κ3) is 7.29. The number of hydrogen-bond acceptors (Lipinski definition) is 4. The Morgan fingerprint density at radius 1 is 0.897 bits per heavy atom. The number of anilines is 1. The van der Waals surface area contributed by atoms with Crippen LogP contribution >= 0.6 is 23.2 Å². The van der Waals surface area contributed by atoms with E-state index in [0.29, 0.717) is 21.5 Å². The first kappa shape index (κ1) is 22.5. The lowest BCUT2D eigenvalue weighted by Gasteiger charge is -2.11. The maximum atomic E-state index is 12.0. The molecule has 29 heavy (non-hydrogen) atoms. The predicted molar refractivity (Wildman–Crippen MR) is 112 cm³/mol. The van der Waals surface area contributed by atoms with Crippen LogP contribution in [0.5, 0.6) is 5.75 Å². The number of nitrogens with one attached hydrogen (secondary N) is 3. The highest BCUT2D eigenvalue weighted by atomic mass is 35.5. The van der Waals surface area contributed by atoms with Crippen LogP contribution in [0.1, 0.15) is 24.0 Å². The van der Waals surface area contributed by atoms with Crippen LogP contribution in [-0.4, -0.2) is 24.3 Å². The van der Waals surface area contributed by atoms with E-state index in [4.69, 9.17) is 27.9 Å². The summed E-state index contributed by atoms with van der Waals surface area (Å²) in [6, 6.07) is 10.2. The molecule has 3 N–H and O–H groups in total. The Morgan fingerprint density at radius 3 is 2.31 bits per heavy atom. The van der Waals surface area contributed by atoms with Gasteiger partial charge in [-0.25, -0.2) is 0 Å². The first-order chi connectivity index (χ1) is 13.8. The standard InChI is InChI=1S/C20H21Cl2N3O4/c1-12-10-14(6-7-15(12)21)29-11-20(28)25-24-19(27)9-8-18(26)23-17-5-3-4-16(22)13(17)2/h3-7,10H,8-9,11H2,1-2H3,(H,23,26)(H,24,27)(H,25,28). The smallest absolute Gasteiger partial charge is 0.276 e. The van der Waals surface area contributed by atoms with Crippen molar-refractivity contribution >= 4 is 46.6 Å². The van der Waals surface area contributed by atoms with Crippen molar-refractivity contribution in [1.82, 2.24) is 10.9 Å². The second kappa shape index (κ2) is 10.7. The van der Waals surface area contributed by atoms with Crippen LogP contribution < -0.4 is 20.9 Å². The number of hydrogen-bond donors (Lipinski definition) is 3. The summed E-state index contributed by atoms with van der Waals surface area (Å²) in [5.74, 6) is -0.886. The molecule has 0 aliphatic heterocycles. The summed E-state index contributed by atoms with van der Waals surface area (Å²) >= 11 is 11.9. The van der Waals surface area contributed by atoms with Crippen LogP contribution in [0.25, 0.3) is 0 Å². The summed E-state index contributed by atoms with van der Waals surface area (Å²) < 4.78 is 5.32. The summed E-state index contributed by atoms with van der Waals surface area (Å²) in [6.07, 6.45) is -0.142. The van der Waals surface area contributed by atoms with Gasteiger partial charge in [0.2, 0.25) is 11.8 Å². The topological polar surface area (TPSA) is 96.5 Å². The largest absolute Gasteiger partial charge is 0.484 e. The number of carbonyl (C=O) groups excluding carboxylic acids is 3. The number of aryl methyl sites for hydroxylation is 1. The van der Waals surface area contributed by atoms with Crippen LogP contribution in [0.15, 0.2) is 36.4 Å². The van der Waals surface area contributed by atoms with E-state index in [9.17, 15) is 14.4 Å². The van der Waals surface area contributed by atoms with Crippen molar-refractivity contribution in [3.8, 4) is 5.75 Å². The highest BCUT2D eigenvalue weighted by Gasteiger charge is 2.11. The van der Waals surface area contributed by atoms with Crippen molar-refractivity contribution in [1.29, 1.82) is 0 Å². The monoisotopic (exact) mass is 437 g/mol. The Labute approximate surface area is 178 Å². The van der Waals surface area contributed by atoms with E-state index in [1.165, 1.54) is 0 Å². The van der Waals surface area contributed by atoms with E-state index < -0.39 is 11.8 Å². The lowest BCUT2D eigenvalue weighted by molar-refractivity contribution is -0.130. The zero-order valence-electron chi connectivity index (χ0n) is 16.0. The molecule has 0 aromatic heterocycles. The van der Waals surface area contributed by atoms with Crippen LogP contribution in [0, 0.1) is 13.8 Å². The lowest BCUT2D eigenvalue weighted by atomic mass is 10.2. The zero-order chi connectivity index (χ0) is 21.4. The molecule has 0 heterocycles. The summed E-state index contributed by atoms with van der Waals surface area (Å²) in [5.41, 5.74) is 6.63. The molecule has 154 valence electrons. The fourth-order valence-electron chi connectivity index (χ4n) is 2.28. The number of rotatable bonds is 7. The van der Waals surface area contributed by atoms with E-state index in [-0.39, 0.29) is 25.4 Å². The second-order valence-electron chi connectivity index (χ2n) is 6.26. The van der Waals surface area contributed by atoms with E-state index in [2.05, 4.69) is 16.2 Å². The van der Waals surface area contributed by atoms with Gasteiger partial charge in [0.05, 0.1) is 0 Å². The molecule has 0 aliphatic carbocycles. The molecule has 9 heteroatoms. The molecule has 0 unspecified atom stereocenters. The Kier molecular flexibility index (Phi) is 8.30. The molecular formula is C20H21Cl2N3O4. The normalized spacial score (nSPS) is 10.2. The second-order valence-corrected chi connectivity index (χ2v) is 7.07. The molecule has 0 saturated carbocycles. The van der Waals surface area contributed by atoms with E-state index in [1.54, 1.807) is 43.3 Å². The molecule has 2 aromatic rings. The van der Waals surface area contributed by atoms with Gasteiger partial charge in [-0.3, -0.25) is 25.2 Å². The zero-order valence-corrected chi connectivity index (χ0v) is 17.5. The lowest BCUT2D eigenvalue weighted by Crippen LogP contribution is -2.44. The van der Waals surface area contributed by atoms with Gasteiger partial charge in [0.1, 0.15) is 5.75 Å². The van der Waals surface area contributed by atoms with Crippen molar-refractivity contribution < 1.29 is 19.1 Å². The summed E-state index contributed by atoms with van der Waals surface area (Å²) in [4.78, 5) is 35.5. The van der Waals surface area contributed by atoms with Crippen LogP contribution in [0.2, 0.25) is 10.0 Å². The van der Waals surface area contributed by atoms with Gasteiger partial charge in [-0.15, -0.1) is 0 Å². The minimum atomic E-state index is -0.537. The Balaban J connectivity index is 1.68. The number of ether oxygens (including phenoxy) is 1. The van der Waals surface area contributed by atoms with Gasteiger partial charge in [-0.1, -0.05) is 29.3 Å².